The number of carbonyl (C=O) groups excluding carboxylic acids is 1. The summed E-state index contributed by atoms with van der Waals surface area (Å²) in [5.74, 6) is -2.43. The van der Waals surface area contributed by atoms with Gasteiger partial charge in [-0.05, 0) is 0 Å². The molecule has 0 unspecified atom stereocenters. The van der Waals surface area contributed by atoms with Crippen LogP contribution in [0.5, 0.6) is 0 Å². The van der Waals surface area contributed by atoms with Crippen molar-refractivity contribution in [3.05, 3.63) is 0 Å². The highest BCUT2D eigenvalue weighted by molar-refractivity contribution is 5.87. The number of hydrogen-bond donors (Lipinski definition) is 2. The first kappa shape index (κ1) is 10.9. The van der Waals surface area contributed by atoms with E-state index in [9.17, 15) is 18.0 Å². The number of alkyl halides is 3. The number of aliphatic carboxylic acids is 1. The van der Waals surface area contributed by atoms with Crippen LogP contribution < -0.4 is 5.32 Å². The number of carboxylic acid groups (broad SMARTS) is 1. The number of carboxylic acids is 1. The van der Waals surface area contributed by atoms with Crippen LogP contribution in [-0.4, -0.2) is 36.1 Å². The molecule has 1 saturated heterocycles. The second-order valence-electron chi connectivity index (χ2n) is 1.95. The van der Waals surface area contributed by atoms with E-state index in [0.29, 0.717) is 18.9 Å². The number of hydrogen-bond acceptors (Lipinski definition) is 3. The Hall–Kier alpha value is -1.11. The Balaban J connectivity index is 0.000000211. The Morgan fingerprint density at radius 2 is 1.67 bits per heavy atom. The van der Waals surface area contributed by atoms with Gasteiger partial charge >= 0.3 is 12.1 Å². The van der Waals surface area contributed by atoms with Crippen LogP contribution in [0.15, 0.2) is 0 Å². The monoisotopic (exact) mass is 185 g/mol. The van der Waals surface area contributed by atoms with Crippen molar-refractivity contribution in [3.63, 3.8) is 0 Å². The van der Waals surface area contributed by atoms with Crippen molar-refractivity contribution in [2.45, 2.75) is 6.18 Å². The Bertz CT molecular complexity index is 183. The van der Waals surface area contributed by atoms with Gasteiger partial charge in [0.15, 0.2) is 5.78 Å². The molecule has 0 saturated carbocycles. The van der Waals surface area contributed by atoms with Gasteiger partial charge in [0.25, 0.3) is 0 Å². The molecule has 7 heteroatoms. The molecule has 12 heavy (non-hydrogen) atoms. The van der Waals surface area contributed by atoms with Gasteiger partial charge in [0.05, 0.1) is 13.1 Å². The molecule has 0 bridgehead atoms. The molecule has 4 nitrogen and oxygen atoms in total. The van der Waals surface area contributed by atoms with Crippen LogP contribution in [0, 0.1) is 0 Å². The van der Waals surface area contributed by atoms with Gasteiger partial charge in [-0.25, -0.2) is 4.79 Å². The lowest BCUT2D eigenvalue weighted by Gasteiger charge is -2.08. The maximum Gasteiger partial charge on any atom is 0.490 e. The summed E-state index contributed by atoms with van der Waals surface area (Å²) >= 11 is 0. The fraction of sp³-hybridized carbons (Fsp3) is 0.600. The fourth-order valence-electron chi connectivity index (χ4n) is 0.227. The topological polar surface area (TPSA) is 66.4 Å². The summed E-state index contributed by atoms with van der Waals surface area (Å²) in [6, 6.07) is 0. The third-order valence-electron chi connectivity index (χ3n) is 0.887. The van der Waals surface area contributed by atoms with E-state index in [0.717, 1.165) is 0 Å². The molecular formula is C5H6F3NO3. The molecule has 0 aliphatic carbocycles. The van der Waals surface area contributed by atoms with Crippen LogP contribution in [0.3, 0.4) is 0 Å². The number of nitrogens with one attached hydrogen (secondary N) is 1. The van der Waals surface area contributed by atoms with Crippen molar-refractivity contribution >= 4 is 11.8 Å². The van der Waals surface area contributed by atoms with Crippen molar-refractivity contribution in [1.82, 2.24) is 5.32 Å². The van der Waals surface area contributed by atoms with Gasteiger partial charge in [0, 0.05) is 0 Å². The predicted octanol–water partition coefficient (Wildman–Crippen LogP) is -0.208. The van der Waals surface area contributed by atoms with E-state index in [4.69, 9.17) is 9.90 Å². The minimum absolute atomic E-state index is 0.324. The highest BCUT2D eigenvalue weighted by Gasteiger charge is 2.38. The number of ketones is 1. The standard InChI is InChI=1S/C3H5NO.C2HF3O2/c5-3-1-4-2-3;3-2(4,5)1(6)7/h4H,1-2H2;(H,6,7). The van der Waals surface area contributed by atoms with Gasteiger partial charge in [0.1, 0.15) is 0 Å². The molecule has 1 heterocycles. The lowest BCUT2D eigenvalue weighted by Crippen LogP contribution is -2.42. The molecule has 0 aromatic rings. The molecule has 1 fully saturated rings. The molecule has 0 aromatic carbocycles. The zero-order chi connectivity index (χ0) is 9.78. The van der Waals surface area contributed by atoms with Crippen LogP contribution in [0.4, 0.5) is 13.2 Å². The zero-order valence-electron chi connectivity index (χ0n) is 5.81. The predicted molar refractivity (Wildman–Crippen MR) is 31.6 cm³/mol. The van der Waals surface area contributed by atoms with Crippen LogP contribution in [-0.2, 0) is 9.59 Å². The summed E-state index contributed by atoms with van der Waals surface area (Å²) in [5.41, 5.74) is 0. The molecule has 1 rings (SSSR count). The first-order chi connectivity index (χ1) is 5.34. The summed E-state index contributed by atoms with van der Waals surface area (Å²) in [6.45, 7) is 1.19. The molecule has 0 aromatic heterocycles. The molecular weight excluding hydrogens is 179 g/mol. The summed E-state index contributed by atoms with van der Waals surface area (Å²) in [5, 5.41) is 9.94. The molecule has 70 valence electrons. The van der Waals surface area contributed by atoms with E-state index in [2.05, 4.69) is 5.32 Å². The summed E-state index contributed by atoms with van der Waals surface area (Å²) < 4.78 is 31.7. The minimum Gasteiger partial charge on any atom is -0.475 e. The SMILES string of the molecule is O=C(O)C(F)(F)F.O=C1CNC1. The third-order valence-corrected chi connectivity index (χ3v) is 0.887. The van der Waals surface area contributed by atoms with Gasteiger partial charge in [-0.3, -0.25) is 4.79 Å². The Morgan fingerprint density at radius 3 is 1.67 bits per heavy atom. The Labute approximate surface area is 65.4 Å². The van der Waals surface area contributed by atoms with E-state index in [1.165, 1.54) is 0 Å². The van der Waals surface area contributed by atoms with Crippen molar-refractivity contribution < 1.29 is 27.9 Å². The molecule has 0 radical (unpaired) electrons. The van der Waals surface area contributed by atoms with E-state index in [1.54, 1.807) is 0 Å². The zero-order valence-corrected chi connectivity index (χ0v) is 5.81. The number of Topliss-reactive ketones (excluding diaryl/α,β-unsaturated/α-hetero) is 1. The first-order valence-corrected chi connectivity index (χ1v) is 2.86. The highest BCUT2D eigenvalue weighted by Crippen LogP contribution is 2.13. The van der Waals surface area contributed by atoms with Crippen molar-refractivity contribution in [2.75, 3.05) is 13.1 Å². The largest absolute Gasteiger partial charge is 0.490 e. The van der Waals surface area contributed by atoms with Crippen LogP contribution in [0.1, 0.15) is 0 Å². The molecule has 1 aliphatic rings. The minimum atomic E-state index is -5.08. The lowest BCUT2D eigenvalue weighted by molar-refractivity contribution is -0.192. The maximum absolute atomic E-state index is 10.6. The summed E-state index contributed by atoms with van der Waals surface area (Å²) in [4.78, 5) is 18.7. The number of rotatable bonds is 0. The summed E-state index contributed by atoms with van der Waals surface area (Å²) in [6.07, 6.45) is -5.08. The molecule has 2 N–H and O–H groups in total. The Kier molecular flexibility index (Phi) is 3.68. The van der Waals surface area contributed by atoms with Gasteiger partial charge in [-0.15, -0.1) is 0 Å². The molecule has 0 amide bonds. The highest BCUT2D eigenvalue weighted by atomic mass is 19.4. The van der Waals surface area contributed by atoms with E-state index < -0.39 is 12.1 Å². The van der Waals surface area contributed by atoms with Crippen molar-refractivity contribution in [1.29, 1.82) is 0 Å². The second kappa shape index (κ2) is 4.05. The van der Waals surface area contributed by atoms with Gasteiger partial charge in [0.2, 0.25) is 0 Å². The lowest BCUT2D eigenvalue weighted by atomic mass is 10.3. The number of carbonyl (C=O) groups is 2. The first-order valence-electron chi connectivity index (χ1n) is 2.86. The van der Waals surface area contributed by atoms with E-state index >= 15 is 0 Å². The van der Waals surface area contributed by atoms with E-state index in [1.807, 2.05) is 0 Å². The van der Waals surface area contributed by atoms with Gasteiger partial charge in [-0.1, -0.05) is 0 Å². The smallest absolute Gasteiger partial charge is 0.475 e. The maximum atomic E-state index is 10.6. The molecule has 0 atom stereocenters. The van der Waals surface area contributed by atoms with Crippen LogP contribution >= 0.6 is 0 Å². The third kappa shape index (κ3) is 4.67. The van der Waals surface area contributed by atoms with Gasteiger partial charge in [-0.2, -0.15) is 13.2 Å². The normalized spacial score (nSPS) is 15.8. The van der Waals surface area contributed by atoms with Crippen LogP contribution in [0.25, 0.3) is 0 Å². The quantitative estimate of drug-likeness (QED) is 0.548. The fourth-order valence-corrected chi connectivity index (χ4v) is 0.227. The van der Waals surface area contributed by atoms with Gasteiger partial charge < -0.3 is 10.4 Å². The molecule has 0 spiro atoms. The average Bonchev–Trinajstić information content (AvgIpc) is 1.83. The number of halogens is 3. The molecule has 1 aliphatic heterocycles. The van der Waals surface area contributed by atoms with Crippen LogP contribution in [0.2, 0.25) is 0 Å². The average molecular weight is 185 g/mol. The summed E-state index contributed by atoms with van der Waals surface area (Å²) in [7, 11) is 0. The van der Waals surface area contributed by atoms with E-state index in [-0.39, 0.29) is 0 Å². The second-order valence-corrected chi connectivity index (χ2v) is 1.95. The van der Waals surface area contributed by atoms with Crippen molar-refractivity contribution in [3.8, 4) is 0 Å². The Morgan fingerprint density at radius 1 is 1.42 bits per heavy atom. The van der Waals surface area contributed by atoms with Crippen molar-refractivity contribution in [2.24, 2.45) is 0 Å².